The van der Waals surface area contributed by atoms with Crippen molar-refractivity contribution < 1.29 is 4.79 Å². The van der Waals surface area contributed by atoms with E-state index >= 15 is 0 Å². The van der Waals surface area contributed by atoms with Crippen LogP contribution in [0.5, 0.6) is 0 Å². The molecule has 138 valence electrons. The number of nitrogens with zero attached hydrogens (tertiary/aromatic N) is 5. The molecule has 2 saturated heterocycles. The lowest BCUT2D eigenvalue weighted by Gasteiger charge is -2.47. The molecule has 1 aromatic rings. The van der Waals surface area contributed by atoms with Crippen LogP contribution in [0.3, 0.4) is 0 Å². The van der Waals surface area contributed by atoms with Gasteiger partial charge in [-0.25, -0.2) is 9.97 Å². The third kappa shape index (κ3) is 3.93. The highest BCUT2D eigenvalue weighted by Crippen LogP contribution is 2.31. The maximum absolute atomic E-state index is 13.0. The zero-order chi connectivity index (χ0) is 17.9. The summed E-state index contributed by atoms with van der Waals surface area (Å²) in [6, 6.07) is 0. The summed E-state index contributed by atoms with van der Waals surface area (Å²) in [5.41, 5.74) is 0.678. The minimum absolute atomic E-state index is 0.0525. The van der Waals surface area contributed by atoms with Crippen molar-refractivity contribution in [1.82, 2.24) is 24.7 Å². The van der Waals surface area contributed by atoms with Crippen LogP contribution in [0.4, 0.5) is 5.95 Å². The topological polar surface area (TPSA) is 64.6 Å². The smallest absolute Gasteiger partial charge is 0.257 e. The molecule has 1 aromatic heterocycles. The Hall–Kier alpha value is -1.73. The predicted octanol–water partition coefficient (Wildman–Crippen LogP) is 1.15. The average Bonchev–Trinajstić information content (AvgIpc) is 2.78. The summed E-state index contributed by atoms with van der Waals surface area (Å²) in [7, 11) is 4.39. The number of carbonyl (C=O) groups excluding carboxylic acids is 1. The Bertz CT molecular complexity index is 582. The van der Waals surface area contributed by atoms with E-state index in [-0.39, 0.29) is 11.4 Å². The Labute approximate surface area is 150 Å². The van der Waals surface area contributed by atoms with E-state index in [2.05, 4.69) is 39.2 Å². The van der Waals surface area contributed by atoms with Crippen LogP contribution in [0.15, 0.2) is 12.4 Å². The largest absolute Gasteiger partial charge is 0.355 e. The van der Waals surface area contributed by atoms with Gasteiger partial charge in [0.2, 0.25) is 5.95 Å². The average molecular weight is 346 g/mol. The maximum Gasteiger partial charge on any atom is 0.257 e. The summed E-state index contributed by atoms with van der Waals surface area (Å²) < 4.78 is 0. The van der Waals surface area contributed by atoms with Crippen LogP contribution in [-0.2, 0) is 0 Å². The third-order valence-electron chi connectivity index (χ3n) is 5.66. The fourth-order valence-electron chi connectivity index (χ4n) is 3.91. The standard InChI is InChI=1S/C18H30N6O/c1-4-19-17-20-12-15(13-21-17)16(25)24-9-5-8-23(3)18(14-24)6-10-22(2)11-7-18/h12-13H,4-11,14H2,1-3H3,(H,19,20,21). The van der Waals surface area contributed by atoms with E-state index in [1.807, 2.05) is 11.8 Å². The summed E-state index contributed by atoms with van der Waals surface area (Å²) in [4.78, 5) is 28.4. The highest BCUT2D eigenvalue weighted by atomic mass is 16.2. The van der Waals surface area contributed by atoms with Gasteiger partial charge >= 0.3 is 0 Å². The second kappa shape index (κ2) is 7.66. The summed E-state index contributed by atoms with van der Waals surface area (Å²) >= 11 is 0. The van der Waals surface area contributed by atoms with Crippen LogP contribution in [0.2, 0.25) is 0 Å². The number of rotatable bonds is 3. The molecule has 0 unspecified atom stereocenters. The Morgan fingerprint density at radius 2 is 1.84 bits per heavy atom. The molecule has 1 N–H and O–H groups in total. The number of amides is 1. The monoisotopic (exact) mass is 346 g/mol. The Morgan fingerprint density at radius 1 is 1.16 bits per heavy atom. The molecular formula is C18H30N6O. The van der Waals surface area contributed by atoms with Gasteiger partial charge in [0.15, 0.2) is 0 Å². The van der Waals surface area contributed by atoms with Gasteiger partial charge in [-0.1, -0.05) is 0 Å². The molecule has 2 aliphatic rings. The molecule has 1 amide bonds. The number of hydrogen-bond donors (Lipinski definition) is 1. The van der Waals surface area contributed by atoms with Gasteiger partial charge in [-0.05, 0) is 53.4 Å². The lowest BCUT2D eigenvalue weighted by molar-refractivity contribution is 0.0316. The first kappa shape index (κ1) is 18.1. The number of aromatic nitrogens is 2. The van der Waals surface area contributed by atoms with Crippen LogP contribution in [-0.4, -0.2) is 89.5 Å². The van der Waals surface area contributed by atoms with Crippen molar-refractivity contribution in [3.8, 4) is 0 Å². The van der Waals surface area contributed by atoms with Gasteiger partial charge in [-0.2, -0.15) is 0 Å². The Morgan fingerprint density at radius 3 is 2.48 bits per heavy atom. The lowest BCUT2D eigenvalue weighted by Crippen LogP contribution is -2.58. The summed E-state index contributed by atoms with van der Waals surface area (Å²) in [6.45, 7) is 7.59. The van der Waals surface area contributed by atoms with Gasteiger partial charge in [0.05, 0.1) is 5.56 Å². The van der Waals surface area contributed by atoms with Crippen molar-refractivity contribution in [2.75, 3.05) is 58.7 Å². The molecule has 0 bridgehead atoms. The van der Waals surface area contributed by atoms with Crippen molar-refractivity contribution in [2.45, 2.75) is 31.7 Å². The van der Waals surface area contributed by atoms with Crippen LogP contribution in [0.25, 0.3) is 0 Å². The fourth-order valence-corrected chi connectivity index (χ4v) is 3.91. The van der Waals surface area contributed by atoms with Crippen molar-refractivity contribution in [3.05, 3.63) is 18.0 Å². The third-order valence-corrected chi connectivity index (χ3v) is 5.66. The van der Waals surface area contributed by atoms with E-state index in [1.165, 1.54) is 0 Å². The van der Waals surface area contributed by atoms with Gasteiger partial charge in [-0.15, -0.1) is 0 Å². The van der Waals surface area contributed by atoms with Crippen LogP contribution in [0.1, 0.15) is 36.5 Å². The molecule has 7 heteroatoms. The molecule has 1 spiro atoms. The molecule has 7 nitrogen and oxygen atoms in total. The van der Waals surface area contributed by atoms with Gasteiger partial charge in [0.25, 0.3) is 5.91 Å². The Balaban J connectivity index is 1.75. The maximum atomic E-state index is 13.0. The van der Waals surface area contributed by atoms with E-state index in [0.29, 0.717) is 11.5 Å². The molecule has 0 aromatic carbocycles. The Kier molecular flexibility index (Phi) is 5.54. The molecule has 25 heavy (non-hydrogen) atoms. The van der Waals surface area contributed by atoms with Crippen molar-refractivity contribution in [1.29, 1.82) is 0 Å². The molecule has 0 atom stereocenters. The number of nitrogens with one attached hydrogen (secondary N) is 1. The van der Waals surface area contributed by atoms with E-state index in [4.69, 9.17) is 0 Å². The summed E-state index contributed by atoms with van der Waals surface area (Å²) in [6.07, 6.45) is 6.52. The van der Waals surface area contributed by atoms with Crippen LogP contribution >= 0.6 is 0 Å². The van der Waals surface area contributed by atoms with Crippen molar-refractivity contribution in [2.24, 2.45) is 0 Å². The first-order valence-electron chi connectivity index (χ1n) is 9.29. The first-order chi connectivity index (χ1) is 12.0. The minimum Gasteiger partial charge on any atom is -0.355 e. The number of hydrogen-bond acceptors (Lipinski definition) is 6. The lowest BCUT2D eigenvalue weighted by atomic mass is 9.85. The molecule has 2 aliphatic heterocycles. The van der Waals surface area contributed by atoms with Crippen LogP contribution < -0.4 is 5.32 Å². The zero-order valence-corrected chi connectivity index (χ0v) is 15.7. The predicted molar refractivity (Wildman–Crippen MR) is 98.8 cm³/mol. The second-order valence-electron chi connectivity index (χ2n) is 7.36. The second-order valence-corrected chi connectivity index (χ2v) is 7.36. The summed E-state index contributed by atoms with van der Waals surface area (Å²) in [5, 5.41) is 3.06. The minimum atomic E-state index is 0.0525. The number of likely N-dealkylation sites (tertiary alicyclic amines) is 1. The SMILES string of the molecule is CCNc1ncc(C(=O)N2CCCN(C)C3(CCN(C)CC3)C2)cn1. The van der Waals surface area contributed by atoms with Gasteiger partial charge in [-0.3, -0.25) is 9.69 Å². The van der Waals surface area contributed by atoms with Crippen molar-refractivity contribution in [3.63, 3.8) is 0 Å². The highest BCUT2D eigenvalue weighted by molar-refractivity contribution is 5.93. The number of piperidine rings is 1. The molecule has 0 radical (unpaired) electrons. The quantitative estimate of drug-likeness (QED) is 0.886. The first-order valence-corrected chi connectivity index (χ1v) is 9.29. The van der Waals surface area contributed by atoms with Gasteiger partial charge < -0.3 is 15.1 Å². The zero-order valence-electron chi connectivity index (χ0n) is 15.7. The molecule has 0 saturated carbocycles. The molecule has 3 rings (SSSR count). The normalized spacial score (nSPS) is 22.0. The molecule has 2 fully saturated rings. The fraction of sp³-hybridized carbons (Fsp3) is 0.722. The van der Waals surface area contributed by atoms with Crippen LogP contribution in [0, 0.1) is 0 Å². The summed E-state index contributed by atoms with van der Waals surface area (Å²) in [5.74, 6) is 0.623. The molecule has 3 heterocycles. The highest BCUT2D eigenvalue weighted by Gasteiger charge is 2.41. The van der Waals surface area contributed by atoms with E-state index in [9.17, 15) is 4.79 Å². The van der Waals surface area contributed by atoms with Gasteiger partial charge in [0, 0.05) is 44.1 Å². The van der Waals surface area contributed by atoms with E-state index in [1.54, 1.807) is 12.4 Å². The van der Waals surface area contributed by atoms with E-state index < -0.39 is 0 Å². The van der Waals surface area contributed by atoms with Crippen molar-refractivity contribution >= 4 is 11.9 Å². The van der Waals surface area contributed by atoms with Gasteiger partial charge in [0.1, 0.15) is 0 Å². The number of anilines is 1. The van der Waals surface area contributed by atoms with E-state index in [0.717, 1.165) is 58.5 Å². The molecule has 0 aliphatic carbocycles. The molecular weight excluding hydrogens is 316 g/mol. The number of likely N-dealkylation sites (N-methyl/N-ethyl adjacent to an activating group) is 1. The number of carbonyl (C=O) groups is 1.